The van der Waals surface area contributed by atoms with Gasteiger partial charge in [0.05, 0.1) is 12.1 Å². The van der Waals surface area contributed by atoms with E-state index in [0.29, 0.717) is 51.6 Å². The zero-order valence-electron chi connectivity index (χ0n) is 35.5. The van der Waals surface area contributed by atoms with Crippen molar-refractivity contribution in [2.45, 2.75) is 142 Å². The van der Waals surface area contributed by atoms with E-state index in [1.54, 1.807) is 36.6 Å². The van der Waals surface area contributed by atoms with Crippen molar-refractivity contribution < 1.29 is 42.3 Å². The van der Waals surface area contributed by atoms with Gasteiger partial charge in [-0.3, -0.25) is 33.6 Å². The molecule has 5 amide bonds. The van der Waals surface area contributed by atoms with Gasteiger partial charge in [0, 0.05) is 44.0 Å². The normalized spacial score (nSPS) is 29.6. The molecule has 0 spiro atoms. The fourth-order valence-electron chi connectivity index (χ4n) is 9.49. The number of rotatable bonds is 11. The number of unbranched alkanes of at least 4 members (excludes halogenated alkanes) is 2. The molecule has 5 rings (SSSR count). The quantitative estimate of drug-likeness (QED) is 0.238. The van der Waals surface area contributed by atoms with E-state index in [-0.39, 0.29) is 66.7 Å². The van der Waals surface area contributed by atoms with Crippen LogP contribution in [0.4, 0.5) is 8.78 Å². The van der Waals surface area contributed by atoms with Gasteiger partial charge in [-0.2, -0.15) is 0 Å². The van der Waals surface area contributed by atoms with Crippen LogP contribution in [0.1, 0.15) is 111 Å². The van der Waals surface area contributed by atoms with Crippen LogP contribution in [0, 0.1) is 41.2 Å². The van der Waals surface area contributed by atoms with E-state index in [4.69, 9.17) is 0 Å². The molecule has 0 radical (unpaired) electrons. The van der Waals surface area contributed by atoms with Gasteiger partial charge in [0.15, 0.2) is 11.6 Å². The number of hydrogen-bond donors (Lipinski definition) is 2. The Bertz CT molecular complexity index is 1770. The summed E-state index contributed by atoms with van der Waals surface area (Å²) in [6.07, 6.45) is 7.60. The summed E-state index contributed by atoms with van der Waals surface area (Å²) in [5.41, 5.74) is 0.166. The molecule has 0 aliphatic carbocycles. The minimum Gasteiger partial charge on any atom is -0.343 e. The molecule has 4 aliphatic heterocycles. The molecule has 1 aromatic rings. The van der Waals surface area contributed by atoms with E-state index in [9.17, 15) is 42.3 Å². The van der Waals surface area contributed by atoms with E-state index in [2.05, 4.69) is 10.6 Å². The first-order valence-electron chi connectivity index (χ1n) is 21.7. The number of carbonyl (C=O) groups is 7. The summed E-state index contributed by atoms with van der Waals surface area (Å²) in [6.45, 7) is 11.9. The molecular formula is C45H63F2N5O7. The number of carbonyl (C=O) groups excluding carboxylic acids is 7. The third-order valence-electron chi connectivity index (χ3n) is 12.8. The Morgan fingerprint density at radius 3 is 2.24 bits per heavy atom. The highest BCUT2D eigenvalue weighted by molar-refractivity contribution is 5.98. The van der Waals surface area contributed by atoms with Crippen molar-refractivity contribution in [2.75, 3.05) is 19.6 Å². The number of amides is 5. The standard InChI is InChI=1S/C45H63F2N5O7/c1-7-8-9-10-13-40(54)49-35(23-31-21-32(46)24-33(47)22-31)41(55)29(5)19-34-28(4)20-39(53)37-18-27(3)25-52(37)43(57)30(6)48-42(56)38-17-26(2)14-16-51(38)45(59)36-12-11-15-50(36)44(34)58/h10,13,21-22,24,26-30,34-38H,7-9,11-12,14-20,23,25H2,1-6H3,(H,48,56)(H,49,54)/b13-10+/t26-,27+,28+,29-,30-,34-,35-,36-,37-,38-/m0/s1. The maximum absolute atomic E-state index is 14.9. The number of fused-ring (bicyclic) bond motifs is 3. The Hall–Kier alpha value is -4.49. The molecule has 0 aromatic heterocycles. The molecule has 0 saturated carbocycles. The number of hydrogen-bond acceptors (Lipinski definition) is 7. The van der Waals surface area contributed by atoms with Gasteiger partial charge in [0.1, 0.15) is 29.8 Å². The minimum absolute atomic E-state index is 0.0149. The predicted octanol–water partition coefficient (Wildman–Crippen LogP) is 4.92. The summed E-state index contributed by atoms with van der Waals surface area (Å²) in [5, 5.41) is 5.58. The van der Waals surface area contributed by atoms with E-state index in [1.807, 2.05) is 20.8 Å². The predicted molar refractivity (Wildman–Crippen MR) is 217 cm³/mol. The number of nitrogens with zero attached hydrogens (tertiary/aromatic N) is 3. The van der Waals surface area contributed by atoms with Crippen molar-refractivity contribution in [1.29, 1.82) is 0 Å². The Balaban J connectivity index is 1.49. The SMILES string of the molecule is CCCC/C=C/C(=O)N[C@@H](Cc1cc(F)cc(F)c1)C(=O)[C@@H](C)C[C@@H]1C(=O)N2CCC[C@H]2C(=O)N2CC[C@H](C)C[C@H]2C(=O)N[C@@H](C)C(=O)N2C[C@H](C)C[C@H]2C(=O)C[C@H]1C. The minimum atomic E-state index is -1.19. The van der Waals surface area contributed by atoms with Crippen molar-refractivity contribution in [3.8, 4) is 0 Å². The van der Waals surface area contributed by atoms with Gasteiger partial charge in [0.2, 0.25) is 29.5 Å². The molecule has 0 unspecified atom stereocenters. The van der Waals surface area contributed by atoms with Gasteiger partial charge in [-0.1, -0.05) is 53.5 Å². The van der Waals surface area contributed by atoms with E-state index < -0.39 is 77.2 Å². The molecule has 4 saturated heterocycles. The molecule has 14 heteroatoms. The van der Waals surface area contributed by atoms with Crippen LogP contribution in [0.5, 0.6) is 0 Å². The van der Waals surface area contributed by atoms with Crippen LogP contribution < -0.4 is 10.6 Å². The molecule has 12 nitrogen and oxygen atoms in total. The number of piperidine rings is 1. The molecule has 4 heterocycles. The maximum atomic E-state index is 14.9. The lowest BCUT2D eigenvalue weighted by atomic mass is 9.78. The summed E-state index contributed by atoms with van der Waals surface area (Å²) in [4.78, 5) is 103. The van der Waals surface area contributed by atoms with Crippen LogP contribution in [0.3, 0.4) is 0 Å². The largest absolute Gasteiger partial charge is 0.343 e. The summed E-state index contributed by atoms with van der Waals surface area (Å²) in [7, 11) is 0. The Morgan fingerprint density at radius 2 is 1.54 bits per heavy atom. The zero-order valence-corrected chi connectivity index (χ0v) is 35.5. The Morgan fingerprint density at radius 1 is 0.864 bits per heavy atom. The summed E-state index contributed by atoms with van der Waals surface area (Å²) < 4.78 is 28.6. The van der Waals surface area contributed by atoms with Crippen LogP contribution in [0.15, 0.2) is 30.4 Å². The number of benzene rings is 1. The highest BCUT2D eigenvalue weighted by Crippen LogP contribution is 2.35. The van der Waals surface area contributed by atoms with E-state index >= 15 is 0 Å². The van der Waals surface area contributed by atoms with Gasteiger partial charge >= 0.3 is 0 Å². The van der Waals surface area contributed by atoms with Gasteiger partial charge in [-0.05, 0) is 99.8 Å². The molecule has 1 aromatic carbocycles. The fourth-order valence-corrected chi connectivity index (χ4v) is 9.49. The number of Topliss-reactive ketones (excluding diaryl/α,β-unsaturated/α-hetero) is 2. The number of ketones is 2. The summed E-state index contributed by atoms with van der Waals surface area (Å²) >= 11 is 0. The third kappa shape index (κ3) is 11.2. The van der Waals surface area contributed by atoms with Crippen molar-refractivity contribution in [2.24, 2.45) is 29.6 Å². The molecule has 4 fully saturated rings. The van der Waals surface area contributed by atoms with Crippen LogP contribution in [-0.4, -0.2) is 106 Å². The topological polar surface area (TPSA) is 153 Å². The van der Waals surface area contributed by atoms with E-state index in [1.165, 1.54) is 11.0 Å². The molecular weight excluding hydrogens is 761 g/mol. The van der Waals surface area contributed by atoms with Crippen LogP contribution in [0.25, 0.3) is 0 Å². The maximum Gasteiger partial charge on any atom is 0.246 e. The second-order valence-electron chi connectivity index (χ2n) is 17.8. The lowest BCUT2D eigenvalue weighted by molar-refractivity contribution is -0.153. The Kier molecular flexibility index (Phi) is 15.6. The number of allylic oxidation sites excluding steroid dienone is 1. The highest BCUT2D eigenvalue weighted by Gasteiger charge is 2.47. The number of halogens is 2. The van der Waals surface area contributed by atoms with Gasteiger partial charge in [0.25, 0.3) is 0 Å². The molecule has 59 heavy (non-hydrogen) atoms. The fraction of sp³-hybridized carbons (Fsp3) is 0.667. The molecule has 0 bridgehead atoms. The van der Waals surface area contributed by atoms with Gasteiger partial charge < -0.3 is 25.3 Å². The molecule has 4 aliphatic rings. The first kappa shape index (κ1) is 45.6. The lowest BCUT2D eigenvalue weighted by Gasteiger charge is -2.41. The van der Waals surface area contributed by atoms with Crippen molar-refractivity contribution in [3.63, 3.8) is 0 Å². The number of nitrogens with one attached hydrogen (secondary N) is 2. The van der Waals surface area contributed by atoms with Gasteiger partial charge in [-0.25, -0.2) is 8.78 Å². The van der Waals surface area contributed by atoms with Crippen LogP contribution in [0.2, 0.25) is 0 Å². The molecule has 324 valence electrons. The summed E-state index contributed by atoms with van der Waals surface area (Å²) in [6, 6.07) is -1.64. The smallest absolute Gasteiger partial charge is 0.246 e. The monoisotopic (exact) mass is 823 g/mol. The van der Waals surface area contributed by atoms with Crippen LogP contribution >= 0.6 is 0 Å². The van der Waals surface area contributed by atoms with Crippen LogP contribution in [-0.2, 0) is 40.0 Å². The van der Waals surface area contributed by atoms with Crippen molar-refractivity contribution in [1.82, 2.24) is 25.3 Å². The summed E-state index contributed by atoms with van der Waals surface area (Å²) in [5.74, 6) is -6.68. The average Bonchev–Trinajstić information content (AvgIpc) is 3.83. The first-order chi connectivity index (χ1) is 28.0. The average molecular weight is 824 g/mol. The van der Waals surface area contributed by atoms with Crippen molar-refractivity contribution >= 4 is 41.1 Å². The third-order valence-corrected chi connectivity index (χ3v) is 12.8. The zero-order chi connectivity index (χ0) is 43.1. The second kappa shape index (κ2) is 20.2. The first-order valence-corrected chi connectivity index (χ1v) is 21.7. The Labute approximate surface area is 347 Å². The highest BCUT2D eigenvalue weighted by atomic mass is 19.1. The molecule has 10 atom stereocenters. The van der Waals surface area contributed by atoms with Crippen molar-refractivity contribution in [3.05, 3.63) is 47.5 Å². The second-order valence-corrected chi connectivity index (χ2v) is 17.8. The molecule has 2 N–H and O–H groups in total. The lowest BCUT2D eigenvalue weighted by Crippen LogP contribution is -2.60. The van der Waals surface area contributed by atoms with Gasteiger partial charge in [-0.15, -0.1) is 0 Å². The van der Waals surface area contributed by atoms with E-state index in [0.717, 1.165) is 31.0 Å².